The Kier molecular flexibility index (Phi) is 4.05. The van der Waals surface area contributed by atoms with Gasteiger partial charge in [0.05, 0.1) is 16.4 Å². The lowest BCUT2D eigenvalue weighted by Crippen LogP contribution is -2.19. The number of aliphatic hydroxyl groups excluding tert-OH is 1. The van der Waals surface area contributed by atoms with Crippen molar-refractivity contribution in [3.05, 3.63) is 46.2 Å². The molecule has 2 rings (SSSR count). The fourth-order valence-electron chi connectivity index (χ4n) is 1.80. The highest BCUT2D eigenvalue weighted by Crippen LogP contribution is 2.35. The Morgan fingerprint density at radius 3 is 2.55 bits per heavy atom. The number of halogens is 4. The van der Waals surface area contributed by atoms with E-state index in [0.717, 1.165) is 6.07 Å². The van der Waals surface area contributed by atoms with Crippen molar-refractivity contribution in [1.29, 1.82) is 0 Å². The quantitative estimate of drug-likeness (QED) is 0.924. The Bertz CT molecular complexity index is 593. The van der Waals surface area contributed by atoms with Crippen molar-refractivity contribution in [3.8, 4) is 5.75 Å². The van der Waals surface area contributed by atoms with Crippen molar-refractivity contribution in [2.75, 3.05) is 0 Å². The maximum Gasteiger partial charge on any atom is 0.573 e. The second-order valence-corrected chi connectivity index (χ2v) is 4.84. The fourth-order valence-corrected chi connectivity index (χ4v) is 2.36. The van der Waals surface area contributed by atoms with Crippen molar-refractivity contribution in [1.82, 2.24) is 9.78 Å². The summed E-state index contributed by atoms with van der Waals surface area (Å²) in [4.78, 5) is 0. The third-order valence-electron chi connectivity index (χ3n) is 2.64. The molecule has 0 radical (unpaired) electrons. The van der Waals surface area contributed by atoms with E-state index in [1.165, 1.54) is 29.1 Å². The highest BCUT2D eigenvalue weighted by molar-refractivity contribution is 9.10. The number of hydrogen-bond acceptors (Lipinski definition) is 3. The lowest BCUT2D eigenvalue weighted by molar-refractivity contribution is -0.275. The van der Waals surface area contributed by atoms with E-state index in [1.807, 2.05) is 0 Å². The number of alkyl halides is 3. The molecule has 2 aromatic rings. The topological polar surface area (TPSA) is 47.3 Å². The first kappa shape index (κ1) is 14.9. The van der Waals surface area contributed by atoms with E-state index in [0.29, 0.717) is 10.2 Å². The predicted octanol–water partition coefficient (Wildman–Crippen LogP) is 3.16. The van der Waals surface area contributed by atoms with Crippen LogP contribution in [0.4, 0.5) is 13.2 Å². The second kappa shape index (κ2) is 5.45. The summed E-state index contributed by atoms with van der Waals surface area (Å²) >= 11 is 3.19. The lowest BCUT2D eigenvalue weighted by Gasteiger charge is -2.17. The molecule has 0 amide bonds. The molecule has 1 atom stereocenters. The zero-order chi connectivity index (χ0) is 14.9. The molecule has 1 heterocycles. The summed E-state index contributed by atoms with van der Waals surface area (Å²) in [5, 5.41) is 14.2. The standard InChI is InChI=1S/C12H10BrF3N2O2/c1-18-10(8(13)6-17-18)11(19)7-4-2-3-5-9(7)20-12(14,15)16/h2-6,11,19H,1H3. The van der Waals surface area contributed by atoms with Crippen LogP contribution in [0.1, 0.15) is 17.4 Å². The number of rotatable bonds is 3. The van der Waals surface area contributed by atoms with Crippen molar-refractivity contribution < 1.29 is 23.0 Å². The van der Waals surface area contributed by atoms with Gasteiger partial charge in [-0.3, -0.25) is 4.68 Å². The molecule has 0 fully saturated rings. The normalized spacial score (nSPS) is 13.3. The Hall–Kier alpha value is -1.54. The summed E-state index contributed by atoms with van der Waals surface area (Å²) < 4.78 is 42.9. The van der Waals surface area contributed by atoms with E-state index in [2.05, 4.69) is 25.8 Å². The van der Waals surface area contributed by atoms with Gasteiger partial charge in [-0.2, -0.15) is 5.10 Å². The average Bonchev–Trinajstić information content (AvgIpc) is 2.67. The summed E-state index contributed by atoms with van der Waals surface area (Å²) in [5.74, 6) is -0.444. The summed E-state index contributed by atoms with van der Waals surface area (Å²) in [6.07, 6.45) is -4.67. The van der Waals surface area contributed by atoms with Crippen LogP contribution in [0.25, 0.3) is 0 Å². The first-order valence-electron chi connectivity index (χ1n) is 5.49. The van der Waals surface area contributed by atoms with Gasteiger partial charge < -0.3 is 9.84 Å². The first-order chi connectivity index (χ1) is 9.29. The fraction of sp³-hybridized carbons (Fsp3) is 0.250. The molecule has 1 aromatic carbocycles. The van der Waals surface area contributed by atoms with Gasteiger partial charge in [-0.1, -0.05) is 18.2 Å². The van der Waals surface area contributed by atoms with Gasteiger partial charge in [-0.05, 0) is 22.0 Å². The average molecular weight is 351 g/mol. The Balaban J connectivity index is 2.43. The summed E-state index contributed by atoms with van der Waals surface area (Å²) in [6, 6.07) is 5.43. The number of nitrogens with zero attached hydrogens (tertiary/aromatic N) is 2. The molecule has 1 aromatic heterocycles. The molecule has 0 saturated heterocycles. The summed E-state index contributed by atoms with van der Waals surface area (Å²) in [5.41, 5.74) is 0.345. The Morgan fingerprint density at radius 1 is 1.35 bits per heavy atom. The van der Waals surface area contributed by atoms with E-state index < -0.39 is 18.2 Å². The van der Waals surface area contributed by atoms with E-state index in [-0.39, 0.29) is 5.56 Å². The van der Waals surface area contributed by atoms with Crippen molar-refractivity contribution in [2.45, 2.75) is 12.5 Å². The zero-order valence-electron chi connectivity index (χ0n) is 10.2. The number of benzene rings is 1. The van der Waals surface area contributed by atoms with Crippen LogP contribution in [0.5, 0.6) is 5.75 Å². The molecule has 0 aliphatic rings. The van der Waals surface area contributed by atoms with Crippen molar-refractivity contribution in [3.63, 3.8) is 0 Å². The molecule has 0 bridgehead atoms. The van der Waals surface area contributed by atoms with Gasteiger partial charge >= 0.3 is 6.36 Å². The van der Waals surface area contributed by atoms with E-state index >= 15 is 0 Å². The largest absolute Gasteiger partial charge is 0.573 e. The van der Waals surface area contributed by atoms with Crippen LogP contribution in [0.2, 0.25) is 0 Å². The summed E-state index contributed by atoms with van der Waals surface area (Å²) in [6.45, 7) is 0. The van der Waals surface area contributed by atoms with Crippen LogP contribution >= 0.6 is 15.9 Å². The number of hydrogen-bond donors (Lipinski definition) is 1. The number of ether oxygens (including phenoxy) is 1. The molecule has 1 N–H and O–H groups in total. The van der Waals surface area contributed by atoms with E-state index in [4.69, 9.17) is 0 Å². The molecular weight excluding hydrogens is 341 g/mol. The van der Waals surface area contributed by atoms with Gasteiger partial charge in [0.25, 0.3) is 0 Å². The third-order valence-corrected chi connectivity index (χ3v) is 3.25. The Labute approximate surface area is 120 Å². The predicted molar refractivity (Wildman–Crippen MR) is 68.1 cm³/mol. The van der Waals surface area contributed by atoms with Crippen LogP contribution < -0.4 is 4.74 Å². The molecule has 108 valence electrons. The van der Waals surface area contributed by atoms with Gasteiger partial charge in [-0.15, -0.1) is 13.2 Å². The van der Waals surface area contributed by atoms with Crippen LogP contribution in [-0.2, 0) is 7.05 Å². The minimum Gasteiger partial charge on any atom is -0.405 e. The molecule has 20 heavy (non-hydrogen) atoms. The molecular formula is C12H10BrF3N2O2. The highest BCUT2D eigenvalue weighted by atomic mass is 79.9. The summed E-state index contributed by atoms with van der Waals surface area (Å²) in [7, 11) is 1.58. The number of aliphatic hydroxyl groups is 1. The van der Waals surface area contributed by atoms with E-state index in [9.17, 15) is 18.3 Å². The van der Waals surface area contributed by atoms with Gasteiger partial charge in [0, 0.05) is 12.6 Å². The van der Waals surface area contributed by atoms with Gasteiger partial charge in [0.15, 0.2) is 0 Å². The second-order valence-electron chi connectivity index (χ2n) is 3.99. The third kappa shape index (κ3) is 3.13. The molecule has 4 nitrogen and oxygen atoms in total. The number of aryl methyl sites for hydroxylation is 1. The highest BCUT2D eigenvalue weighted by Gasteiger charge is 2.33. The van der Waals surface area contributed by atoms with Crippen molar-refractivity contribution in [2.24, 2.45) is 7.05 Å². The number of aromatic nitrogens is 2. The van der Waals surface area contributed by atoms with Crippen LogP contribution in [-0.4, -0.2) is 21.2 Å². The van der Waals surface area contributed by atoms with Crippen molar-refractivity contribution >= 4 is 15.9 Å². The Morgan fingerprint density at radius 2 is 2.00 bits per heavy atom. The van der Waals surface area contributed by atoms with Gasteiger partial charge in [-0.25, -0.2) is 0 Å². The minimum absolute atomic E-state index is 0.00845. The van der Waals surface area contributed by atoms with Crippen LogP contribution in [0, 0.1) is 0 Å². The van der Waals surface area contributed by atoms with E-state index in [1.54, 1.807) is 7.05 Å². The maximum atomic E-state index is 12.4. The molecule has 0 saturated carbocycles. The van der Waals surface area contributed by atoms with Crippen LogP contribution in [0.3, 0.4) is 0 Å². The first-order valence-corrected chi connectivity index (χ1v) is 6.29. The van der Waals surface area contributed by atoms with Gasteiger partial charge in [0.1, 0.15) is 11.9 Å². The molecule has 0 aliphatic heterocycles. The zero-order valence-corrected chi connectivity index (χ0v) is 11.8. The van der Waals surface area contributed by atoms with Crippen LogP contribution in [0.15, 0.2) is 34.9 Å². The SMILES string of the molecule is Cn1ncc(Br)c1C(O)c1ccccc1OC(F)(F)F. The lowest BCUT2D eigenvalue weighted by atomic mass is 10.1. The molecule has 0 aliphatic carbocycles. The molecule has 0 spiro atoms. The van der Waals surface area contributed by atoms with Gasteiger partial charge in [0.2, 0.25) is 0 Å². The maximum absolute atomic E-state index is 12.4. The molecule has 8 heteroatoms. The monoisotopic (exact) mass is 350 g/mol. The smallest absolute Gasteiger partial charge is 0.405 e. The molecule has 1 unspecified atom stereocenters. The number of para-hydroxylation sites is 1. The minimum atomic E-state index is -4.82.